The Bertz CT molecular complexity index is 813. The second kappa shape index (κ2) is 6.12. The Hall–Kier alpha value is -2.21. The molecule has 122 valence electrons. The molecular weight excluding hydrogens is 294 g/mol. The minimum Gasteiger partial charge on any atom is -0.375 e. The lowest BCUT2D eigenvalue weighted by atomic mass is 10.1. The number of benzene rings is 1. The number of aryl methyl sites for hydroxylation is 2. The summed E-state index contributed by atoms with van der Waals surface area (Å²) in [7, 11) is 0. The van der Waals surface area contributed by atoms with Gasteiger partial charge in [0, 0.05) is 25.2 Å². The van der Waals surface area contributed by atoms with Crippen LogP contribution in [0.25, 0.3) is 11.0 Å². The van der Waals surface area contributed by atoms with Crippen LogP contribution in [0.3, 0.4) is 0 Å². The summed E-state index contributed by atoms with van der Waals surface area (Å²) >= 11 is 0. The minimum absolute atomic E-state index is 0.0178. The number of aromatic nitrogens is 2. The van der Waals surface area contributed by atoms with Crippen molar-refractivity contribution in [3.05, 3.63) is 39.8 Å². The molecule has 1 amide bonds. The van der Waals surface area contributed by atoms with Crippen LogP contribution < -0.4 is 5.56 Å². The topological polar surface area (TPSA) is 64.4 Å². The number of rotatable bonds is 2. The fourth-order valence-corrected chi connectivity index (χ4v) is 3.01. The zero-order valence-corrected chi connectivity index (χ0v) is 13.7. The van der Waals surface area contributed by atoms with E-state index in [0.29, 0.717) is 43.0 Å². The maximum Gasteiger partial charge on any atom is 0.272 e. The lowest BCUT2D eigenvalue weighted by molar-refractivity contribution is -0.0124. The van der Waals surface area contributed by atoms with Gasteiger partial charge in [0.25, 0.3) is 11.5 Å². The summed E-state index contributed by atoms with van der Waals surface area (Å²) in [5, 5.41) is 0. The summed E-state index contributed by atoms with van der Waals surface area (Å²) in [5.41, 5.74) is 2.40. The third kappa shape index (κ3) is 2.86. The molecule has 1 fully saturated rings. The van der Waals surface area contributed by atoms with Gasteiger partial charge in [-0.3, -0.25) is 9.59 Å². The number of morpholine rings is 1. The van der Waals surface area contributed by atoms with Crippen molar-refractivity contribution < 1.29 is 9.53 Å². The molecule has 0 unspecified atom stereocenters. The fourth-order valence-electron chi connectivity index (χ4n) is 3.01. The average molecular weight is 315 g/mol. The Morgan fingerprint density at radius 3 is 2.91 bits per heavy atom. The van der Waals surface area contributed by atoms with Gasteiger partial charge in [-0.15, -0.1) is 0 Å². The molecule has 1 atom stereocenters. The molecule has 2 aromatic rings. The van der Waals surface area contributed by atoms with E-state index < -0.39 is 0 Å². The highest BCUT2D eigenvalue weighted by atomic mass is 16.5. The van der Waals surface area contributed by atoms with Crippen LogP contribution in [0.5, 0.6) is 0 Å². The molecule has 0 bridgehead atoms. The van der Waals surface area contributed by atoms with Crippen LogP contribution in [-0.4, -0.2) is 46.2 Å². The van der Waals surface area contributed by atoms with Crippen LogP contribution in [0.15, 0.2) is 23.0 Å². The van der Waals surface area contributed by atoms with E-state index in [-0.39, 0.29) is 17.6 Å². The van der Waals surface area contributed by atoms with E-state index in [0.717, 1.165) is 5.52 Å². The van der Waals surface area contributed by atoms with Gasteiger partial charge in [0.2, 0.25) is 0 Å². The molecule has 0 spiro atoms. The molecule has 6 nitrogen and oxygen atoms in total. The molecule has 1 aromatic heterocycles. The van der Waals surface area contributed by atoms with Gasteiger partial charge in [-0.05, 0) is 39.0 Å². The second-order valence-electron chi connectivity index (χ2n) is 5.88. The quantitative estimate of drug-likeness (QED) is 0.844. The number of hydrogen-bond donors (Lipinski definition) is 0. The highest BCUT2D eigenvalue weighted by Gasteiger charge is 2.23. The molecule has 1 saturated heterocycles. The molecule has 0 aliphatic carbocycles. The predicted octanol–water partition coefficient (Wildman–Crippen LogP) is 1.59. The van der Waals surface area contributed by atoms with Crippen LogP contribution in [0.1, 0.15) is 29.9 Å². The van der Waals surface area contributed by atoms with E-state index in [1.165, 1.54) is 0 Å². The number of carbonyl (C=O) groups is 1. The SMILES string of the molecule is CCn1c(=O)c(C)nc2cc(C(=O)N3CCO[C@@H](C)C3)ccc21. The van der Waals surface area contributed by atoms with Gasteiger partial charge < -0.3 is 14.2 Å². The van der Waals surface area contributed by atoms with Gasteiger partial charge in [0.1, 0.15) is 5.69 Å². The van der Waals surface area contributed by atoms with Crippen LogP contribution in [0.4, 0.5) is 0 Å². The zero-order valence-electron chi connectivity index (χ0n) is 13.7. The van der Waals surface area contributed by atoms with E-state index in [1.807, 2.05) is 19.9 Å². The molecule has 2 heterocycles. The van der Waals surface area contributed by atoms with Crippen LogP contribution in [0.2, 0.25) is 0 Å². The molecule has 3 rings (SSSR count). The number of nitrogens with zero attached hydrogens (tertiary/aromatic N) is 3. The van der Waals surface area contributed by atoms with Crippen molar-refractivity contribution in [1.82, 2.24) is 14.5 Å². The first-order chi connectivity index (χ1) is 11.0. The Kier molecular flexibility index (Phi) is 4.17. The number of carbonyl (C=O) groups excluding carboxylic acids is 1. The Morgan fingerprint density at radius 2 is 2.22 bits per heavy atom. The van der Waals surface area contributed by atoms with E-state index >= 15 is 0 Å². The standard InChI is InChI=1S/C17H21N3O3/c1-4-20-15-6-5-13(9-14(15)18-12(3)16(20)21)17(22)19-7-8-23-11(2)10-19/h5-6,9,11H,4,7-8,10H2,1-3H3/t11-/m0/s1. The maximum atomic E-state index is 12.7. The molecule has 6 heteroatoms. The fraction of sp³-hybridized carbons (Fsp3) is 0.471. The molecule has 1 aliphatic heterocycles. The molecular formula is C17H21N3O3. The number of amides is 1. The minimum atomic E-state index is -0.0823. The lowest BCUT2D eigenvalue weighted by Gasteiger charge is -2.31. The normalized spacial score (nSPS) is 18.4. The van der Waals surface area contributed by atoms with Gasteiger partial charge in [-0.1, -0.05) is 0 Å². The third-order valence-corrected chi connectivity index (χ3v) is 4.20. The largest absolute Gasteiger partial charge is 0.375 e. The highest BCUT2D eigenvalue weighted by Crippen LogP contribution is 2.16. The van der Waals surface area contributed by atoms with Crippen LogP contribution in [0, 0.1) is 6.92 Å². The molecule has 0 saturated carbocycles. The van der Waals surface area contributed by atoms with E-state index in [9.17, 15) is 9.59 Å². The van der Waals surface area contributed by atoms with E-state index in [2.05, 4.69) is 4.98 Å². The Morgan fingerprint density at radius 1 is 1.43 bits per heavy atom. The number of fused-ring (bicyclic) bond motifs is 1. The first-order valence-electron chi connectivity index (χ1n) is 7.93. The second-order valence-corrected chi connectivity index (χ2v) is 5.88. The summed E-state index contributed by atoms with van der Waals surface area (Å²) in [4.78, 5) is 31.0. The van der Waals surface area contributed by atoms with Gasteiger partial charge in [-0.25, -0.2) is 4.98 Å². The summed E-state index contributed by atoms with van der Waals surface area (Å²) in [5.74, 6) is -0.0178. The van der Waals surface area contributed by atoms with Crippen molar-refractivity contribution in [2.75, 3.05) is 19.7 Å². The number of hydrogen-bond acceptors (Lipinski definition) is 4. The van der Waals surface area contributed by atoms with Gasteiger partial charge in [0.15, 0.2) is 0 Å². The average Bonchev–Trinajstić information content (AvgIpc) is 2.55. The van der Waals surface area contributed by atoms with Crippen molar-refractivity contribution in [2.45, 2.75) is 33.4 Å². The lowest BCUT2D eigenvalue weighted by Crippen LogP contribution is -2.44. The summed E-state index contributed by atoms with van der Waals surface area (Å²) < 4.78 is 7.16. The Balaban J connectivity index is 2.01. The molecule has 0 radical (unpaired) electrons. The first kappa shape index (κ1) is 15.7. The summed E-state index contributed by atoms with van der Waals surface area (Å²) in [6.07, 6.45) is 0.0544. The van der Waals surface area contributed by atoms with Crippen LogP contribution in [-0.2, 0) is 11.3 Å². The van der Waals surface area contributed by atoms with E-state index in [4.69, 9.17) is 4.74 Å². The van der Waals surface area contributed by atoms with Crippen LogP contribution >= 0.6 is 0 Å². The molecule has 1 aromatic carbocycles. The number of ether oxygens (including phenoxy) is 1. The van der Waals surface area contributed by atoms with Gasteiger partial charge in [-0.2, -0.15) is 0 Å². The third-order valence-electron chi connectivity index (χ3n) is 4.20. The molecule has 1 aliphatic rings. The monoisotopic (exact) mass is 315 g/mol. The van der Waals surface area contributed by atoms with Gasteiger partial charge in [0.05, 0.1) is 23.7 Å². The summed E-state index contributed by atoms with van der Waals surface area (Å²) in [6.45, 7) is 7.92. The van der Waals surface area contributed by atoms with Crippen molar-refractivity contribution in [1.29, 1.82) is 0 Å². The Labute approximate surface area is 134 Å². The summed E-state index contributed by atoms with van der Waals surface area (Å²) in [6, 6.07) is 5.35. The van der Waals surface area contributed by atoms with Crippen molar-refractivity contribution in [3.63, 3.8) is 0 Å². The first-order valence-corrected chi connectivity index (χ1v) is 7.93. The maximum absolute atomic E-state index is 12.7. The van der Waals surface area contributed by atoms with Crippen molar-refractivity contribution in [3.8, 4) is 0 Å². The predicted molar refractivity (Wildman–Crippen MR) is 87.7 cm³/mol. The smallest absolute Gasteiger partial charge is 0.272 e. The van der Waals surface area contributed by atoms with Crippen molar-refractivity contribution >= 4 is 16.9 Å². The van der Waals surface area contributed by atoms with Gasteiger partial charge >= 0.3 is 0 Å². The van der Waals surface area contributed by atoms with Crippen molar-refractivity contribution in [2.24, 2.45) is 0 Å². The molecule has 0 N–H and O–H groups in total. The molecule has 23 heavy (non-hydrogen) atoms. The zero-order chi connectivity index (χ0) is 16.6. The van der Waals surface area contributed by atoms with E-state index in [1.54, 1.807) is 28.5 Å². The highest BCUT2D eigenvalue weighted by molar-refractivity contribution is 5.97.